The molecule has 2 heterocycles. The van der Waals surface area contributed by atoms with E-state index < -0.39 is 11.6 Å². The molecule has 1 aromatic heterocycles. The van der Waals surface area contributed by atoms with Crippen LogP contribution < -0.4 is 0 Å². The van der Waals surface area contributed by atoms with Crippen LogP contribution in [0.3, 0.4) is 0 Å². The minimum Gasteiger partial charge on any atom is -0.251 e. The first-order chi connectivity index (χ1) is 12.9. The number of hydrogen-bond donors (Lipinski definition) is 0. The second-order valence-electron chi connectivity index (χ2n) is 7.56. The average Bonchev–Trinajstić information content (AvgIpc) is 3.09. The van der Waals surface area contributed by atoms with E-state index in [1.54, 1.807) is 23.9 Å². The van der Waals surface area contributed by atoms with E-state index in [0.29, 0.717) is 5.69 Å². The largest absolute Gasteiger partial charge is 0.251 e. The molecule has 3 nitrogen and oxygen atoms in total. The SMILES string of the molecule is CSN1CCC(C)(c2ccc3c(cnn3-c3cc(C)c(F)c(F)c3)c2)CC1. The highest BCUT2D eigenvalue weighted by Gasteiger charge is 2.31. The van der Waals surface area contributed by atoms with Gasteiger partial charge in [0.1, 0.15) is 0 Å². The van der Waals surface area contributed by atoms with Gasteiger partial charge in [-0.25, -0.2) is 13.5 Å². The Morgan fingerprint density at radius 2 is 1.85 bits per heavy atom. The summed E-state index contributed by atoms with van der Waals surface area (Å²) in [5.74, 6) is -1.65. The second-order valence-corrected chi connectivity index (χ2v) is 8.44. The van der Waals surface area contributed by atoms with E-state index in [-0.39, 0.29) is 11.0 Å². The highest BCUT2D eigenvalue weighted by atomic mass is 32.2. The van der Waals surface area contributed by atoms with Crippen molar-refractivity contribution in [2.45, 2.75) is 32.1 Å². The number of hydrogen-bond acceptors (Lipinski definition) is 3. The van der Waals surface area contributed by atoms with Crippen molar-refractivity contribution in [2.24, 2.45) is 0 Å². The van der Waals surface area contributed by atoms with Gasteiger partial charge in [-0.15, -0.1) is 0 Å². The molecule has 1 aliphatic heterocycles. The molecule has 1 fully saturated rings. The Bertz CT molecular complexity index is 967. The van der Waals surface area contributed by atoms with Crippen molar-refractivity contribution in [3.8, 4) is 5.69 Å². The molecule has 6 heteroatoms. The third kappa shape index (κ3) is 3.25. The molecule has 1 saturated heterocycles. The highest BCUT2D eigenvalue weighted by Crippen LogP contribution is 2.37. The minimum atomic E-state index is -0.849. The lowest BCUT2D eigenvalue weighted by Gasteiger charge is -2.38. The van der Waals surface area contributed by atoms with Crippen LogP contribution in [0.25, 0.3) is 16.6 Å². The Morgan fingerprint density at radius 1 is 1.11 bits per heavy atom. The average molecular weight is 387 g/mol. The Kier molecular flexibility index (Phi) is 4.72. The van der Waals surface area contributed by atoms with Gasteiger partial charge < -0.3 is 0 Å². The summed E-state index contributed by atoms with van der Waals surface area (Å²) in [7, 11) is 0. The predicted octanol–water partition coefficient (Wildman–Crippen LogP) is 5.24. The molecule has 4 rings (SSSR count). The summed E-state index contributed by atoms with van der Waals surface area (Å²) in [6, 6.07) is 9.21. The number of fused-ring (bicyclic) bond motifs is 1. The zero-order valence-corrected chi connectivity index (χ0v) is 16.6. The number of halogens is 2. The summed E-state index contributed by atoms with van der Waals surface area (Å²) in [4.78, 5) is 0. The lowest BCUT2D eigenvalue weighted by molar-refractivity contribution is 0.264. The van der Waals surface area contributed by atoms with Crippen LogP contribution in [0, 0.1) is 18.6 Å². The second kappa shape index (κ2) is 6.91. The van der Waals surface area contributed by atoms with Crippen molar-refractivity contribution in [1.29, 1.82) is 0 Å². The zero-order chi connectivity index (χ0) is 19.2. The Balaban J connectivity index is 1.70. The first-order valence-corrected chi connectivity index (χ1v) is 10.3. The summed E-state index contributed by atoms with van der Waals surface area (Å²) in [6.45, 7) is 6.06. The van der Waals surface area contributed by atoms with E-state index in [9.17, 15) is 8.78 Å². The van der Waals surface area contributed by atoms with Gasteiger partial charge in [0.2, 0.25) is 0 Å². The van der Waals surface area contributed by atoms with Crippen molar-refractivity contribution >= 4 is 22.9 Å². The van der Waals surface area contributed by atoms with Crippen LogP contribution in [-0.4, -0.2) is 33.4 Å². The molecule has 0 amide bonds. The lowest BCUT2D eigenvalue weighted by atomic mass is 9.75. The van der Waals surface area contributed by atoms with Crippen LogP contribution in [0.5, 0.6) is 0 Å². The van der Waals surface area contributed by atoms with Gasteiger partial charge in [-0.2, -0.15) is 5.10 Å². The molecule has 0 saturated carbocycles. The van der Waals surface area contributed by atoms with Crippen molar-refractivity contribution in [3.63, 3.8) is 0 Å². The molecule has 0 atom stereocenters. The summed E-state index contributed by atoms with van der Waals surface area (Å²) >= 11 is 1.81. The molecule has 0 radical (unpaired) electrons. The molecular weight excluding hydrogens is 364 g/mol. The fourth-order valence-corrected chi connectivity index (χ4v) is 4.44. The van der Waals surface area contributed by atoms with E-state index in [1.165, 1.54) is 11.6 Å². The Labute approximate surface area is 162 Å². The van der Waals surface area contributed by atoms with E-state index >= 15 is 0 Å². The molecule has 0 aliphatic carbocycles. The number of benzene rings is 2. The van der Waals surface area contributed by atoms with Gasteiger partial charge in [-0.1, -0.05) is 24.9 Å². The maximum Gasteiger partial charge on any atom is 0.161 e. The Hall–Kier alpha value is -1.92. The van der Waals surface area contributed by atoms with Crippen LogP contribution in [0.2, 0.25) is 0 Å². The van der Waals surface area contributed by atoms with Gasteiger partial charge in [0.25, 0.3) is 0 Å². The zero-order valence-electron chi connectivity index (χ0n) is 15.8. The maximum absolute atomic E-state index is 13.8. The molecule has 142 valence electrons. The van der Waals surface area contributed by atoms with Crippen LogP contribution in [0.1, 0.15) is 30.9 Å². The fourth-order valence-electron chi connectivity index (χ4n) is 3.90. The molecule has 0 bridgehead atoms. The number of nitrogens with zero attached hydrogens (tertiary/aromatic N) is 3. The van der Waals surface area contributed by atoms with Gasteiger partial charge >= 0.3 is 0 Å². The van der Waals surface area contributed by atoms with Crippen LogP contribution >= 0.6 is 11.9 Å². The van der Waals surface area contributed by atoms with Gasteiger partial charge in [0.05, 0.1) is 17.4 Å². The Morgan fingerprint density at radius 3 is 2.52 bits per heavy atom. The minimum absolute atomic E-state index is 0.154. The molecule has 0 N–H and O–H groups in total. The van der Waals surface area contributed by atoms with Crippen molar-refractivity contribution in [2.75, 3.05) is 19.3 Å². The van der Waals surface area contributed by atoms with Gasteiger partial charge in [0, 0.05) is 24.5 Å². The highest BCUT2D eigenvalue weighted by molar-refractivity contribution is 7.96. The standard InChI is InChI=1S/C21H23F2N3S/c1-14-10-17(12-18(22)20(14)23)26-19-5-4-16(11-15(19)13-24-26)21(2)6-8-25(27-3)9-7-21/h4-5,10-13H,6-9H2,1-3H3. The van der Waals surface area contributed by atoms with Crippen molar-refractivity contribution in [3.05, 3.63) is 59.3 Å². The van der Waals surface area contributed by atoms with Crippen molar-refractivity contribution in [1.82, 2.24) is 14.1 Å². The molecular formula is C21H23F2N3S. The number of rotatable bonds is 3. The van der Waals surface area contributed by atoms with Gasteiger partial charge in [-0.05, 0) is 60.8 Å². The van der Waals surface area contributed by atoms with Crippen LogP contribution in [0.4, 0.5) is 8.78 Å². The summed E-state index contributed by atoms with van der Waals surface area (Å²) in [5.41, 5.74) is 3.18. The fraction of sp³-hybridized carbons (Fsp3) is 0.381. The monoisotopic (exact) mass is 387 g/mol. The molecule has 1 aliphatic rings. The molecule has 2 aromatic carbocycles. The topological polar surface area (TPSA) is 21.1 Å². The third-order valence-electron chi connectivity index (χ3n) is 5.79. The van der Waals surface area contributed by atoms with Crippen LogP contribution in [0.15, 0.2) is 36.5 Å². The summed E-state index contributed by atoms with van der Waals surface area (Å²) in [6.07, 6.45) is 6.17. The van der Waals surface area contributed by atoms with Gasteiger partial charge in [0.15, 0.2) is 11.6 Å². The number of piperidine rings is 1. The normalized spacial score (nSPS) is 17.5. The van der Waals surface area contributed by atoms with E-state index in [2.05, 4.69) is 34.7 Å². The first-order valence-electron chi connectivity index (χ1n) is 9.15. The van der Waals surface area contributed by atoms with Gasteiger partial charge in [-0.3, -0.25) is 4.31 Å². The van der Waals surface area contributed by atoms with E-state index in [4.69, 9.17) is 0 Å². The molecule has 27 heavy (non-hydrogen) atoms. The number of aryl methyl sites for hydroxylation is 1. The first kappa shape index (κ1) is 18.4. The molecule has 3 aromatic rings. The maximum atomic E-state index is 13.8. The van der Waals surface area contributed by atoms with Crippen molar-refractivity contribution < 1.29 is 8.78 Å². The molecule has 0 spiro atoms. The van der Waals surface area contributed by atoms with E-state index in [1.807, 2.05) is 18.0 Å². The molecule has 0 unspecified atom stereocenters. The van der Waals surface area contributed by atoms with E-state index in [0.717, 1.165) is 36.8 Å². The quantitative estimate of drug-likeness (QED) is 0.573. The smallest absolute Gasteiger partial charge is 0.161 e. The lowest BCUT2D eigenvalue weighted by Crippen LogP contribution is -2.37. The summed E-state index contributed by atoms with van der Waals surface area (Å²) < 4.78 is 31.5. The number of aromatic nitrogens is 2. The third-order valence-corrected chi connectivity index (χ3v) is 6.67. The predicted molar refractivity (Wildman–Crippen MR) is 107 cm³/mol. The summed E-state index contributed by atoms with van der Waals surface area (Å²) in [5, 5.41) is 5.44. The van der Waals surface area contributed by atoms with Crippen LogP contribution in [-0.2, 0) is 5.41 Å².